The number of methoxy groups -OCH3 is 3. The standard InChI is InChI=1S/C22H27ClN2O4/c1-27-19-10-9-17(20(28-2)21(19)29-3)22(26)24-14-18(25-11-4-5-12-25)15-7-6-8-16(23)13-15/h6-10,13,18H,4-5,11-12,14H2,1-3H3,(H,24,26). The first-order valence-electron chi connectivity index (χ1n) is 9.65. The fourth-order valence-corrected chi connectivity index (χ4v) is 3.99. The molecule has 2 aromatic rings. The highest BCUT2D eigenvalue weighted by Crippen LogP contribution is 2.39. The lowest BCUT2D eigenvalue weighted by molar-refractivity contribution is 0.0934. The smallest absolute Gasteiger partial charge is 0.255 e. The molecule has 1 fully saturated rings. The largest absolute Gasteiger partial charge is 0.493 e. The molecule has 0 spiro atoms. The number of rotatable bonds is 8. The zero-order valence-electron chi connectivity index (χ0n) is 17.0. The molecule has 1 heterocycles. The van der Waals surface area contributed by atoms with E-state index in [0.717, 1.165) is 31.5 Å². The van der Waals surface area contributed by atoms with Crippen LogP contribution >= 0.6 is 11.6 Å². The monoisotopic (exact) mass is 418 g/mol. The van der Waals surface area contributed by atoms with E-state index >= 15 is 0 Å². The molecule has 1 saturated heterocycles. The quantitative estimate of drug-likeness (QED) is 0.703. The van der Waals surface area contributed by atoms with Crippen molar-refractivity contribution < 1.29 is 19.0 Å². The minimum Gasteiger partial charge on any atom is -0.493 e. The molecule has 3 rings (SSSR count). The van der Waals surface area contributed by atoms with Crippen molar-refractivity contribution in [2.75, 3.05) is 41.0 Å². The molecule has 1 aliphatic heterocycles. The molecule has 1 unspecified atom stereocenters. The summed E-state index contributed by atoms with van der Waals surface area (Å²) in [6, 6.07) is 11.3. The molecular formula is C22H27ClN2O4. The fourth-order valence-electron chi connectivity index (χ4n) is 3.79. The number of hydrogen-bond acceptors (Lipinski definition) is 5. The van der Waals surface area contributed by atoms with Crippen molar-refractivity contribution >= 4 is 17.5 Å². The first-order chi connectivity index (χ1) is 14.1. The molecule has 156 valence electrons. The number of halogens is 1. The van der Waals surface area contributed by atoms with Crippen LogP contribution < -0.4 is 19.5 Å². The van der Waals surface area contributed by atoms with Crippen LogP contribution in [0.5, 0.6) is 17.2 Å². The second kappa shape index (κ2) is 9.85. The van der Waals surface area contributed by atoms with Gasteiger partial charge in [-0.3, -0.25) is 9.69 Å². The third-order valence-corrected chi connectivity index (χ3v) is 5.45. The SMILES string of the molecule is COc1ccc(C(=O)NCC(c2cccc(Cl)c2)N2CCCC2)c(OC)c1OC. The summed E-state index contributed by atoms with van der Waals surface area (Å²) >= 11 is 6.21. The van der Waals surface area contributed by atoms with E-state index in [1.807, 2.05) is 18.2 Å². The van der Waals surface area contributed by atoms with E-state index in [2.05, 4.69) is 16.3 Å². The lowest BCUT2D eigenvalue weighted by Crippen LogP contribution is -2.37. The Kier molecular flexibility index (Phi) is 7.23. The molecule has 0 radical (unpaired) electrons. The van der Waals surface area contributed by atoms with Gasteiger partial charge >= 0.3 is 0 Å². The number of carbonyl (C=O) groups is 1. The van der Waals surface area contributed by atoms with Crippen LogP contribution in [-0.4, -0.2) is 51.8 Å². The first-order valence-corrected chi connectivity index (χ1v) is 10.0. The summed E-state index contributed by atoms with van der Waals surface area (Å²) < 4.78 is 16.1. The lowest BCUT2D eigenvalue weighted by atomic mass is 10.0. The predicted molar refractivity (Wildman–Crippen MR) is 113 cm³/mol. The van der Waals surface area contributed by atoms with Crippen molar-refractivity contribution in [1.82, 2.24) is 10.2 Å². The third-order valence-electron chi connectivity index (χ3n) is 5.22. The van der Waals surface area contributed by atoms with Gasteiger partial charge in [-0.05, 0) is 55.8 Å². The zero-order valence-corrected chi connectivity index (χ0v) is 17.8. The topological polar surface area (TPSA) is 60.0 Å². The molecule has 29 heavy (non-hydrogen) atoms. The Morgan fingerprint density at radius 3 is 2.41 bits per heavy atom. The van der Waals surface area contributed by atoms with Crippen molar-refractivity contribution in [1.29, 1.82) is 0 Å². The lowest BCUT2D eigenvalue weighted by Gasteiger charge is -2.28. The van der Waals surface area contributed by atoms with E-state index in [1.165, 1.54) is 14.2 Å². The van der Waals surface area contributed by atoms with E-state index in [-0.39, 0.29) is 11.9 Å². The van der Waals surface area contributed by atoms with Crippen LogP contribution in [0.15, 0.2) is 36.4 Å². The predicted octanol–water partition coefficient (Wildman–Crippen LogP) is 3.93. The Morgan fingerprint density at radius 1 is 1.07 bits per heavy atom. The van der Waals surface area contributed by atoms with E-state index < -0.39 is 0 Å². The number of ether oxygens (including phenoxy) is 3. The Labute approximate surface area is 176 Å². The van der Waals surface area contributed by atoms with Crippen molar-refractivity contribution in [2.45, 2.75) is 18.9 Å². The highest BCUT2D eigenvalue weighted by Gasteiger charge is 2.26. The minimum atomic E-state index is -0.228. The molecule has 0 bridgehead atoms. The summed E-state index contributed by atoms with van der Waals surface area (Å²) in [7, 11) is 4.57. The number of amides is 1. The Morgan fingerprint density at radius 2 is 1.79 bits per heavy atom. The maximum atomic E-state index is 13.0. The van der Waals surface area contributed by atoms with Gasteiger partial charge in [-0.15, -0.1) is 0 Å². The van der Waals surface area contributed by atoms with Crippen molar-refractivity contribution in [3.63, 3.8) is 0 Å². The van der Waals surface area contributed by atoms with Gasteiger partial charge in [-0.2, -0.15) is 0 Å². The van der Waals surface area contributed by atoms with Crippen molar-refractivity contribution in [3.05, 3.63) is 52.5 Å². The van der Waals surface area contributed by atoms with Gasteiger partial charge in [0.2, 0.25) is 5.75 Å². The summed E-state index contributed by atoms with van der Waals surface area (Å²) in [5.41, 5.74) is 1.50. The number of nitrogens with one attached hydrogen (secondary N) is 1. The molecule has 1 atom stereocenters. The van der Waals surface area contributed by atoms with Gasteiger partial charge in [-0.1, -0.05) is 23.7 Å². The summed E-state index contributed by atoms with van der Waals surface area (Å²) in [6.45, 7) is 2.48. The second-order valence-corrected chi connectivity index (χ2v) is 7.34. The minimum absolute atomic E-state index is 0.0614. The molecule has 1 amide bonds. The molecule has 2 aromatic carbocycles. The average Bonchev–Trinajstić information content (AvgIpc) is 3.27. The van der Waals surface area contributed by atoms with E-state index in [9.17, 15) is 4.79 Å². The summed E-state index contributed by atoms with van der Waals surface area (Å²) in [4.78, 5) is 15.4. The van der Waals surface area contributed by atoms with Gasteiger partial charge in [0, 0.05) is 11.6 Å². The van der Waals surface area contributed by atoms with Crippen molar-refractivity contribution in [2.24, 2.45) is 0 Å². The fraction of sp³-hybridized carbons (Fsp3) is 0.409. The Hall–Kier alpha value is -2.44. The van der Waals surface area contributed by atoms with Gasteiger partial charge in [0.05, 0.1) is 32.9 Å². The highest BCUT2D eigenvalue weighted by molar-refractivity contribution is 6.30. The maximum Gasteiger partial charge on any atom is 0.255 e. The van der Waals surface area contributed by atoms with Crippen LogP contribution in [0.4, 0.5) is 0 Å². The molecule has 0 saturated carbocycles. The number of likely N-dealkylation sites (tertiary alicyclic amines) is 1. The average molecular weight is 419 g/mol. The van der Waals surface area contributed by atoms with Crippen LogP contribution in [0.25, 0.3) is 0 Å². The molecule has 0 aromatic heterocycles. The third kappa shape index (κ3) is 4.77. The molecule has 7 heteroatoms. The highest BCUT2D eigenvalue weighted by atomic mass is 35.5. The maximum absolute atomic E-state index is 13.0. The molecule has 0 aliphatic carbocycles. The van der Waals surface area contributed by atoms with Gasteiger partial charge < -0.3 is 19.5 Å². The summed E-state index contributed by atoms with van der Waals surface area (Å²) in [6.07, 6.45) is 2.32. The zero-order chi connectivity index (χ0) is 20.8. The first kappa shape index (κ1) is 21.3. The van der Waals surface area contributed by atoms with Crippen LogP contribution in [0.3, 0.4) is 0 Å². The Balaban J connectivity index is 1.82. The van der Waals surface area contributed by atoms with Gasteiger partial charge in [0.15, 0.2) is 11.5 Å². The summed E-state index contributed by atoms with van der Waals surface area (Å²) in [5, 5.41) is 3.75. The molecule has 6 nitrogen and oxygen atoms in total. The number of hydrogen-bond donors (Lipinski definition) is 1. The van der Waals surface area contributed by atoms with Crippen LogP contribution in [-0.2, 0) is 0 Å². The van der Waals surface area contributed by atoms with E-state index in [4.69, 9.17) is 25.8 Å². The van der Waals surface area contributed by atoms with Crippen LogP contribution in [0, 0.1) is 0 Å². The van der Waals surface area contributed by atoms with Gasteiger partial charge in [0.1, 0.15) is 0 Å². The molecule has 1 N–H and O–H groups in total. The Bertz CT molecular complexity index is 853. The van der Waals surface area contributed by atoms with Crippen LogP contribution in [0.2, 0.25) is 5.02 Å². The number of nitrogens with zero attached hydrogens (tertiary/aromatic N) is 1. The molecule has 1 aliphatic rings. The number of carbonyl (C=O) groups excluding carboxylic acids is 1. The van der Waals surface area contributed by atoms with Crippen molar-refractivity contribution in [3.8, 4) is 17.2 Å². The number of benzene rings is 2. The van der Waals surface area contributed by atoms with E-state index in [1.54, 1.807) is 19.2 Å². The van der Waals surface area contributed by atoms with Gasteiger partial charge in [-0.25, -0.2) is 0 Å². The van der Waals surface area contributed by atoms with Gasteiger partial charge in [0.25, 0.3) is 5.91 Å². The molecular weight excluding hydrogens is 392 g/mol. The summed E-state index contributed by atoms with van der Waals surface area (Å²) in [5.74, 6) is 1.03. The second-order valence-electron chi connectivity index (χ2n) is 6.91. The van der Waals surface area contributed by atoms with E-state index in [0.29, 0.717) is 34.4 Å². The van der Waals surface area contributed by atoms with Crippen LogP contribution in [0.1, 0.15) is 34.8 Å². The normalized spacial score (nSPS) is 15.0.